The lowest BCUT2D eigenvalue weighted by Crippen LogP contribution is -2.39. The maximum absolute atomic E-state index is 13.5. The van der Waals surface area contributed by atoms with E-state index in [-0.39, 0.29) is 36.8 Å². The number of aliphatic hydroxyl groups is 1. The zero-order valence-electron chi connectivity index (χ0n) is 20.6. The second-order valence-electron chi connectivity index (χ2n) is 10.0. The highest BCUT2D eigenvalue weighted by molar-refractivity contribution is 8.04. The number of amides is 1. The van der Waals surface area contributed by atoms with Crippen molar-refractivity contribution in [3.8, 4) is 5.75 Å². The average Bonchev–Trinajstić information content (AvgIpc) is 2.76. The second-order valence-corrected chi connectivity index (χ2v) is 11.1. The quantitative estimate of drug-likeness (QED) is 0.444. The van der Waals surface area contributed by atoms with Crippen LogP contribution in [0, 0.1) is 0 Å². The van der Waals surface area contributed by atoms with Gasteiger partial charge in [-0.2, -0.15) is 0 Å². The van der Waals surface area contributed by atoms with Crippen molar-refractivity contribution < 1.29 is 24.5 Å². The molecule has 0 radical (unpaired) electrons. The third-order valence-corrected chi connectivity index (χ3v) is 6.86. The number of hydrogen-bond acceptors (Lipinski definition) is 6. The molecule has 6 nitrogen and oxygen atoms in total. The van der Waals surface area contributed by atoms with Crippen LogP contribution >= 0.6 is 11.8 Å². The number of thioether (sulfide) groups is 1. The summed E-state index contributed by atoms with van der Waals surface area (Å²) in [5.74, 6) is -0.598. The van der Waals surface area contributed by atoms with E-state index >= 15 is 0 Å². The van der Waals surface area contributed by atoms with Crippen molar-refractivity contribution >= 4 is 35.4 Å². The maximum Gasteiger partial charge on any atom is 0.326 e. The molecule has 0 unspecified atom stereocenters. The molecule has 0 atom stereocenters. The summed E-state index contributed by atoms with van der Waals surface area (Å²) in [7, 11) is 0. The van der Waals surface area contributed by atoms with Crippen LogP contribution in [-0.2, 0) is 25.2 Å². The first-order valence-corrected chi connectivity index (χ1v) is 12.2. The lowest BCUT2D eigenvalue weighted by molar-refractivity contribution is -0.142. The van der Waals surface area contributed by atoms with Gasteiger partial charge in [0.15, 0.2) is 0 Å². The van der Waals surface area contributed by atoms with Crippen molar-refractivity contribution in [2.24, 2.45) is 0 Å². The summed E-state index contributed by atoms with van der Waals surface area (Å²) < 4.78 is 5.08. The van der Waals surface area contributed by atoms with Crippen LogP contribution in [-0.4, -0.2) is 41.8 Å². The Labute approximate surface area is 205 Å². The Hall–Kier alpha value is -2.77. The number of ether oxygens (including phenoxy) is 1. The monoisotopic (exact) mass is 483 g/mol. The van der Waals surface area contributed by atoms with Crippen LogP contribution < -0.4 is 4.90 Å². The minimum Gasteiger partial charge on any atom is -0.507 e. The molecule has 0 aliphatic carbocycles. The zero-order chi connectivity index (χ0) is 25.3. The third kappa shape index (κ3) is 5.31. The van der Waals surface area contributed by atoms with Gasteiger partial charge in [0.1, 0.15) is 12.3 Å². The lowest BCUT2D eigenvalue weighted by Gasteiger charge is -2.30. The van der Waals surface area contributed by atoms with E-state index in [1.165, 1.54) is 16.7 Å². The molecule has 1 heterocycles. The van der Waals surface area contributed by atoms with Crippen LogP contribution in [0.3, 0.4) is 0 Å². The Morgan fingerprint density at radius 1 is 1.12 bits per heavy atom. The Kier molecular flexibility index (Phi) is 7.48. The number of carbonyl (C=O) groups is 2. The highest BCUT2D eigenvalue weighted by atomic mass is 32.2. The first-order valence-electron chi connectivity index (χ1n) is 11.3. The fourth-order valence-corrected chi connectivity index (χ4v) is 4.88. The van der Waals surface area contributed by atoms with E-state index in [0.717, 1.165) is 16.0 Å². The number of hydrogen-bond donors (Lipinski definition) is 2. The summed E-state index contributed by atoms with van der Waals surface area (Å²) in [6.07, 6.45) is 1.78. The molecule has 1 aliphatic rings. The molecule has 0 fully saturated rings. The van der Waals surface area contributed by atoms with E-state index in [4.69, 9.17) is 4.74 Å². The molecule has 2 aromatic carbocycles. The highest BCUT2D eigenvalue weighted by Crippen LogP contribution is 2.44. The molecule has 1 aliphatic heterocycles. The van der Waals surface area contributed by atoms with Gasteiger partial charge in [0.2, 0.25) is 0 Å². The van der Waals surface area contributed by atoms with Gasteiger partial charge >= 0.3 is 5.97 Å². The number of para-hydroxylation sites is 1. The number of rotatable bonds is 6. The molecular formula is C27H33NO5S. The van der Waals surface area contributed by atoms with Crippen molar-refractivity contribution in [3.05, 3.63) is 58.0 Å². The van der Waals surface area contributed by atoms with Crippen LogP contribution in [0.1, 0.15) is 58.2 Å². The SMILES string of the molecule is CCOC(=O)CN1C(=O)/C(=C/c2cc(C(C)(C)C)c(O)c(C(C)(C)CO)c2)Sc2ccccc21. The molecule has 3 rings (SSSR count). The summed E-state index contributed by atoms with van der Waals surface area (Å²) in [6.45, 7) is 11.4. The van der Waals surface area contributed by atoms with E-state index in [2.05, 4.69) is 0 Å². The Morgan fingerprint density at radius 2 is 1.76 bits per heavy atom. The molecule has 0 spiro atoms. The van der Waals surface area contributed by atoms with Crippen LogP contribution in [0.2, 0.25) is 0 Å². The van der Waals surface area contributed by atoms with Gasteiger partial charge in [-0.15, -0.1) is 0 Å². The predicted octanol–water partition coefficient (Wildman–Crippen LogP) is 5.00. The Bertz CT molecular complexity index is 1130. The first-order chi connectivity index (χ1) is 15.9. The summed E-state index contributed by atoms with van der Waals surface area (Å²) in [6, 6.07) is 11.1. The molecule has 34 heavy (non-hydrogen) atoms. The minimum absolute atomic E-state index is 0.140. The largest absolute Gasteiger partial charge is 0.507 e. The van der Waals surface area contributed by atoms with Gasteiger partial charge in [-0.05, 0) is 48.2 Å². The van der Waals surface area contributed by atoms with Crippen molar-refractivity contribution in [3.63, 3.8) is 0 Å². The van der Waals surface area contributed by atoms with Gasteiger partial charge in [-0.25, -0.2) is 0 Å². The van der Waals surface area contributed by atoms with E-state index < -0.39 is 11.4 Å². The number of aromatic hydroxyl groups is 1. The molecule has 0 saturated carbocycles. The lowest BCUT2D eigenvalue weighted by atomic mass is 9.78. The van der Waals surface area contributed by atoms with Gasteiger partial charge in [0.05, 0.1) is 23.8 Å². The smallest absolute Gasteiger partial charge is 0.326 e. The number of phenols is 1. The molecule has 182 valence electrons. The molecule has 0 aromatic heterocycles. The van der Waals surface area contributed by atoms with E-state index in [9.17, 15) is 19.8 Å². The molecular weight excluding hydrogens is 450 g/mol. The maximum atomic E-state index is 13.5. The van der Waals surface area contributed by atoms with Gasteiger partial charge in [-0.3, -0.25) is 14.5 Å². The van der Waals surface area contributed by atoms with Crippen LogP contribution in [0.25, 0.3) is 6.08 Å². The van der Waals surface area contributed by atoms with Gasteiger partial charge in [0.25, 0.3) is 5.91 Å². The Morgan fingerprint density at radius 3 is 2.38 bits per heavy atom. The summed E-state index contributed by atoms with van der Waals surface area (Å²) in [5, 5.41) is 21.0. The van der Waals surface area contributed by atoms with E-state index in [1.807, 2.05) is 71.0 Å². The molecule has 2 aromatic rings. The number of fused-ring (bicyclic) bond motifs is 1. The zero-order valence-corrected chi connectivity index (χ0v) is 21.5. The predicted molar refractivity (Wildman–Crippen MR) is 136 cm³/mol. The van der Waals surface area contributed by atoms with Gasteiger partial charge in [-0.1, -0.05) is 58.5 Å². The fraction of sp³-hybridized carbons (Fsp3) is 0.407. The first kappa shape index (κ1) is 25.8. The molecule has 0 saturated heterocycles. The fourth-order valence-electron chi connectivity index (χ4n) is 3.82. The number of benzene rings is 2. The van der Waals surface area contributed by atoms with Gasteiger partial charge in [0, 0.05) is 21.4 Å². The molecule has 1 amide bonds. The number of esters is 1. The standard InChI is InChI=1S/C27H33NO5S/c1-7-33-23(30)15-28-20-10-8-9-11-21(20)34-22(25(28)32)14-17-12-18(26(2,3)4)24(31)19(13-17)27(5,6)16-29/h8-14,29,31H,7,15-16H2,1-6H3/b22-14-. The number of carbonyl (C=O) groups excluding carboxylic acids is 2. The van der Waals surface area contributed by atoms with Crippen LogP contribution in [0.15, 0.2) is 46.2 Å². The number of nitrogens with zero attached hydrogens (tertiary/aromatic N) is 1. The van der Waals surface area contributed by atoms with E-state index in [0.29, 0.717) is 16.2 Å². The van der Waals surface area contributed by atoms with Crippen molar-refractivity contribution in [1.29, 1.82) is 0 Å². The van der Waals surface area contributed by atoms with Crippen LogP contribution in [0.5, 0.6) is 5.75 Å². The highest BCUT2D eigenvalue weighted by Gasteiger charge is 2.32. The van der Waals surface area contributed by atoms with Crippen molar-refractivity contribution in [1.82, 2.24) is 0 Å². The third-order valence-electron chi connectivity index (χ3n) is 5.79. The Balaban J connectivity index is 2.14. The number of anilines is 1. The molecule has 2 N–H and O–H groups in total. The summed E-state index contributed by atoms with van der Waals surface area (Å²) in [5.41, 5.74) is 1.73. The van der Waals surface area contributed by atoms with Crippen molar-refractivity contribution in [2.75, 3.05) is 24.7 Å². The topological polar surface area (TPSA) is 87.1 Å². The number of phenolic OH excluding ortho intramolecular Hbond substituents is 1. The average molecular weight is 484 g/mol. The van der Waals surface area contributed by atoms with E-state index in [1.54, 1.807) is 13.0 Å². The second kappa shape index (κ2) is 9.84. The van der Waals surface area contributed by atoms with Gasteiger partial charge < -0.3 is 14.9 Å². The van der Waals surface area contributed by atoms with Crippen LogP contribution in [0.4, 0.5) is 5.69 Å². The summed E-state index contributed by atoms with van der Waals surface area (Å²) >= 11 is 1.35. The molecule has 0 bridgehead atoms. The van der Waals surface area contributed by atoms with Crippen molar-refractivity contribution in [2.45, 2.75) is 57.3 Å². The normalized spacial score (nSPS) is 15.4. The summed E-state index contributed by atoms with van der Waals surface area (Å²) in [4.78, 5) is 28.4. The number of aliphatic hydroxyl groups excluding tert-OH is 1. The minimum atomic E-state index is -0.676. The molecule has 7 heteroatoms.